The van der Waals surface area contributed by atoms with Crippen molar-refractivity contribution >= 4 is 50.8 Å². The summed E-state index contributed by atoms with van der Waals surface area (Å²) in [6.45, 7) is 4.31. The lowest BCUT2D eigenvalue weighted by molar-refractivity contribution is -0.384. The minimum Gasteiger partial charge on any atom is -0.507 e. The summed E-state index contributed by atoms with van der Waals surface area (Å²) in [6.07, 6.45) is 5.78. The van der Waals surface area contributed by atoms with E-state index in [1.807, 2.05) is 6.92 Å². The van der Waals surface area contributed by atoms with Crippen molar-refractivity contribution in [2.75, 3.05) is 7.11 Å². The molecule has 0 saturated heterocycles. The van der Waals surface area contributed by atoms with Crippen LogP contribution in [0.1, 0.15) is 56.2 Å². The number of ether oxygens (including phenoxy) is 1. The molecule has 0 aliphatic heterocycles. The number of aliphatic imine (C=N–C) groups is 1. The number of rotatable bonds is 4. The lowest BCUT2D eigenvalue weighted by Crippen LogP contribution is -2.52. The molecule has 0 unspecified atom stereocenters. The first-order valence-corrected chi connectivity index (χ1v) is 12.7. The largest absolute Gasteiger partial charge is 0.507 e. The molecule has 2 aromatic carbocycles. The smallest absolute Gasteiger partial charge is 0.311 e. The molecule has 0 radical (unpaired) electrons. The second kappa shape index (κ2) is 8.69. The maximum atomic E-state index is 12.8. The monoisotopic (exact) mass is 554 g/mol. The average Bonchev–Trinajstić information content (AvgIpc) is 3.28. The van der Waals surface area contributed by atoms with Crippen LogP contribution in [0.5, 0.6) is 5.75 Å². The van der Waals surface area contributed by atoms with Gasteiger partial charge in [0.05, 0.1) is 23.0 Å². The standard InChI is InChI=1S/C26H27BrN4O5/c1-25-9-4-10-26(2,23(33)36-3)20(25)8-6-16-17(25)12-18(27)22-21(16)29-24(30-22)28-13-14-11-15(31(34)35)5-7-19(14)32/h5,7,11-13,20,32H,4,6,8-10H2,1-3H3,(H,29,30)/t20-,25-,26-/m1/s1. The number of phenols is 1. The summed E-state index contributed by atoms with van der Waals surface area (Å²) in [4.78, 5) is 35.7. The molecule has 36 heavy (non-hydrogen) atoms. The summed E-state index contributed by atoms with van der Waals surface area (Å²) >= 11 is 3.69. The Bertz CT molecular complexity index is 1430. The van der Waals surface area contributed by atoms with E-state index in [9.17, 15) is 20.0 Å². The van der Waals surface area contributed by atoms with Crippen LogP contribution in [0.3, 0.4) is 0 Å². The van der Waals surface area contributed by atoms with Gasteiger partial charge in [0.25, 0.3) is 5.69 Å². The van der Waals surface area contributed by atoms with E-state index in [-0.39, 0.29) is 34.3 Å². The summed E-state index contributed by atoms with van der Waals surface area (Å²) in [5.74, 6) is 0.258. The molecule has 188 valence electrons. The third-order valence-corrected chi connectivity index (χ3v) is 8.85. The normalized spacial score (nSPS) is 25.5. The molecule has 2 N–H and O–H groups in total. The number of benzene rings is 2. The zero-order valence-corrected chi connectivity index (χ0v) is 21.9. The number of nitrogens with zero attached hydrogens (tertiary/aromatic N) is 3. The number of hydrogen-bond acceptors (Lipinski definition) is 7. The van der Waals surface area contributed by atoms with E-state index in [1.165, 1.54) is 42.7 Å². The van der Waals surface area contributed by atoms with Crippen LogP contribution < -0.4 is 0 Å². The van der Waals surface area contributed by atoms with Crippen LogP contribution >= 0.6 is 15.9 Å². The highest BCUT2D eigenvalue weighted by Crippen LogP contribution is 2.58. The van der Waals surface area contributed by atoms with Gasteiger partial charge in [-0.3, -0.25) is 14.9 Å². The Morgan fingerprint density at radius 2 is 2.14 bits per heavy atom. The highest BCUT2D eigenvalue weighted by atomic mass is 79.9. The molecule has 10 heteroatoms. The van der Waals surface area contributed by atoms with Gasteiger partial charge >= 0.3 is 5.97 Å². The molecule has 3 aromatic rings. The SMILES string of the molecule is COC(=O)[C@]1(C)CCC[C@]2(C)c3cc(Br)c4nc(N=Cc5cc([N+](=O)[O-])ccc5O)[nH]c4c3CC[C@@H]12. The number of non-ortho nitro benzene ring substituents is 1. The maximum Gasteiger partial charge on any atom is 0.311 e. The molecular formula is C26H27BrN4O5. The van der Waals surface area contributed by atoms with Gasteiger partial charge in [0, 0.05) is 28.4 Å². The van der Waals surface area contributed by atoms with Gasteiger partial charge < -0.3 is 14.8 Å². The summed E-state index contributed by atoms with van der Waals surface area (Å²) < 4.78 is 6.06. The Morgan fingerprint density at radius 3 is 2.86 bits per heavy atom. The Hall–Kier alpha value is -3.27. The first kappa shape index (κ1) is 24.4. The maximum absolute atomic E-state index is 12.8. The average molecular weight is 555 g/mol. The first-order chi connectivity index (χ1) is 17.1. The van der Waals surface area contributed by atoms with Crippen LogP contribution in [-0.2, 0) is 21.4 Å². The number of carbonyl (C=O) groups is 1. The molecule has 2 aliphatic carbocycles. The predicted octanol–water partition coefficient (Wildman–Crippen LogP) is 5.87. The third kappa shape index (κ3) is 3.70. The van der Waals surface area contributed by atoms with Gasteiger partial charge in [-0.2, -0.15) is 0 Å². The zero-order chi connectivity index (χ0) is 25.8. The van der Waals surface area contributed by atoms with Gasteiger partial charge in [0.2, 0.25) is 5.95 Å². The Morgan fingerprint density at radius 1 is 1.36 bits per heavy atom. The second-order valence-corrected chi connectivity index (χ2v) is 11.1. The van der Waals surface area contributed by atoms with Crippen molar-refractivity contribution in [1.82, 2.24) is 9.97 Å². The summed E-state index contributed by atoms with van der Waals surface area (Å²) in [7, 11) is 1.47. The molecule has 1 heterocycles. The number of imidazole rings is 1. The van der Waals surface area contributed by atoms with Crippen LogP contribution in [0.15, 0.2) is 33.7 Å². The van der Waals surface area contributed by atoms with E-state index in [0.29, 0.717) is 5.95 Å². The molecule has 1 saturated carbocycles. The lowest BCUT2D eigenvalue weighted by atomic mass is 9.50. The van der Waals surface area contributed by atoms with Crippen molar-refractivity contribution in [3.05, 3.63) is 55.5 Å². The zero-order valence-electron chi connectivity index (χ0n) is 20.3. The summed E-state index contributed by atoms with van der Waals surface area (Å²) in [5.41, 5.74) is 3.41. The summed E-state index contributed by atoms with van der Waals surface area (Å²) in [5, 5.41) is 21.2. The number of halogens is 1. The Kier molecular flexibility index (Phi) is 5.89. The van der Waals surface area contributed by atoms with Crippen molar-refractivity contribution in [3.8, 4) is 5.75 Å². The van der Waals surface area contributed by atoms with E-state index >= 15 is 0 Å². The summed E-state index contributed by atoms with van der Waals surface area (Å²) in [6, 6.07) is 5.91. The van der Waals surface area contributed by atoms with E-state index in [0.717, 1.165) is 47.6 Å². The van der Waals surface area contributed by atoms with Gasteiger partial charge in [-0.05, 0) is 83.1 Å². The van der Waals surface area contributed by atoms with Crippen molar-refractivity contribution in [1.29, 1.82) is 0 Å². The number of carbonyl (C=O) groups excluding carboxylic acids is 1. The van der Waals surface area contributed by atoms with Crippen LogP contribution in [0.2, 0.25) is 0 Å². The fraction of sp³-hybridized carbons (Fsp3) is 0.423. The highest BCUT2D eigenvalue weighted by molar-refractivity contribution is 9.10. The molecule has 0 bridgehead atoms. The van der Waals surface area contributed by atoms with Crippen molar-refractivity contribution in [3.63, 3.8) is 0 Å². The number of nitrogens with one attached hydrogen (secondary N) is 1. The second-order valence-electron chi connectivity index (χ2n) is 10.2. The number of aromatic nitrogens is 2. The lowest BCUT2D eigenvalue weighted by Gasteiger charge is -2.54. The minimum atomic E-state index is -0.523. The van der Waals surface area contributed by atoms with Crippen molar-refractivity contribution in [2.45, 2.75) is 51.4 Å². The van der Waals surface area contributed by atoms with Gasteiger partial charge in [0.15, 0.2) is 0 Å². The Labute approximate surface area is 216 Å². The molecule has 0 amide bonds. The fourth-order valence-corrected chi connectivity index (χ4v) is 7.00. The number of hydrogen-bond donors (Lipinski definition) is 2. The highest BCUT2D eigenvalue weighted by Gasteiger charge is 2.56. The predicted molar refractivity (Wildman–Crippen MR) is 139 cm³/mol. The van der Waals surface area contributed by atoms with Crippen LogP contribution in [0.25, 0.3) is 11.0 Å². The number of methoxy groups -OCH3 is 1. The van der Waals surface area contributed by atoms with Gasteiger partial charge in [-0.1, -0.05) is 13.3 Å². The first-order valence-electron chi connectivity index (χ1n) is 11.9. The molecule has 1 fully saturated rings. The van der Waals surface area contributed by atoms with Gasteiger partial charge in [0.1, 0.15) is 11.3 Å². The topological polar surface area (TPSA) is 131 Å². The van der Waals surface area contributed by atoms with Gasteiger partial charge in [-0.25, -0.2) is 9.98 Å². The number of aromatic hydroxyl groups is 1. The Balaban J connectivity index is 1.56. The molecule has 2 aliphatic rings. The molecule has 3 atom stereocenters. The number of phenolic OH excluding ortho intramolecular Hbond substituents is 1. The molecule has 1 aromatic heterocycles. The number of fused-ring (bicyclic) bond motifs is 5. The van der Waals surface area contributed by atoms with E-state index in [1.54, 1.807) is 0 Å². The van der Waals surface area contributed by atoms with E-state index in [4.69, 9.17) is 4.74 Å². The number of H-pyrrole nitrogens is 1. The van der Waals surface area contributed by atoms with E-state index < -0.39 is 10.3 Å². The van der Waals surface area contributed by atoms with Crippen LogP contribution in [0.4, 0.5) is 11.6 Å². The van der Waals surface area contributed by atoms with Crippen LogP contribution in [-0.4, -0.2) is 39.3 Å². The minimum absolute atomic E-state index is 0.107. The number of nitro benzene ring substituents is 1. The fourth-order valence-electron chi connectivity index (χ4n) is 6.49. The molecule has 5 rings (SSSR count). The van der Waals surface area contributed by atoms with Crippen molar-refractivity contribution in [2.24, 2.45) is 16.3 Å². The number of aryl methyl sites for hydroxylation is 1. The molecule has 0 spiro atoms. The molecule has 9 nitrogen and oxygen atoms in total. The third-order valence-electron chi connectivity index (χ3n) is 8.24. The number of esters is 1. The quantitative estimate of drug-likeness (QED) is 0.179. The number of aromatic amines is 1. The van der Waals surface area contributed by atoms with Crippen LogP contribution in [0, 0.1) is 21.4 Å². The van der Waals surface area contributed by atoms with E-state index in [2.05, 4.69) is 43.9 Å². The number of nitro groups is 1. The van der Waals surface area contributed by atoms with Gasteiger partial charge in [-0.15, -0.1) is 0 Å². The van der Waals surface area contributed by atoms with Crippen molar-refractivity contribution < 1.29 is 19.6 Å². The molecular weight excluding hydrogens is 528 g/mol.